The maximum absolute atomic E-state index is 5.58. The summed E-state index contributed by atoms with van der Waals surface area (Å²) in [5.74, 6) is 0.939. The molecule has 3 nitrogen and oxygen atoms in total. The quantitative estimate of drug-likeness (QED) is 0.688. The molecule has 0 amide bonds. The number of hydrogen-bond acceptors (Lipinski definition) is 3. The lowest BCUT2D eigenvalue weighted by molar-refractivity contribution is 0.242. The number of ether oxygens (including phenoxy) is 1. The molecule has 0 saturated heterocycles. The summed E-state index contributed by atoms with van der Waals surface area (Å²) < 4.78 is 5.58. The Hall–Kier alpha value is -1.06. The maximum Gasteiger partial charge on any atom is 0.119 e. The average Bonchev–Trinajstić information content (AvgIpc) is 2.26. The van der Waals surface area contributed by atoms with Gasteiger partial charge in [-0.15, -0.1) is 0 Å². The zero-order valence-electron chi connectivity index (χ0n) is 10.2. The normalized spacial score (nSPS) is 10.8. The molecule has 1 rings (SSSR count). The van der Waals surface area contributed by atoms with E-state index in [1.807, 2.05) is 26.0 Å². The molecule has 0 aliphatic carbocycles. The summed E-state index contributed by atoms with van der Waals surface area (Å²) in [5, 5.41) is 3.27. The van der Waals surface area contributed by atoms with Crippen LogP contribution in [0.1, 0.15) is 19.4 Å². The van der Waals surface area contributed by atoms with Crippen LogP contribution in [0, 0.1) is 0 Å². The van der Waals surface area contributed by atoms with Gasteiger partial charge in [0.2, 0.25) is 0 Å². The second kappa shape index (κ2) is 7.25. The maximum atomic E-state index is 5.58. The summed E-state index contributed by atoms with van der Waals surface area (Å²) in [5.41, 5.74) is 6.72. The smallest absolute Gasteiger partial charge is 0.119 e. The third-order valence-corrected chi connectivity index (χ3v) is 2.21. The van der Waals surface area contributed by atoms with Gasteiger partial charge in [-0.25, -0.2) is 0 Å². The van der Waals surface area contributed by atoms with E-state index in [-0.39, 0.29) is 6.10 Å². The van der Waals surface area contributed by atoms with Crippen molar-refractivity contribution in [2.24, 2.45) is 5.73 Å². The fourth-order valence-electron chi connectivity index (χ4n) is 1.47. The van der Waals surface area contributed by atoms with Gasteiger partial charge in [-0.1, -0.05) is 12.1 Å². The van der Waals surface area contributed by atoms with E-state index in [1.54, 1.807) is 0 Å². The van der Waals surface area contributed by atoms with Crippen LogP contribution in [0.25, 0.3) is 0 Å². The molecule has 0 heterocycles. The van der Waals surface area contributed by atoms with E-state index < -0.39 is 0 Å². The second-order valence-electron chi connectivity index (χ2n) is 4.10. The monoisotopic (exact) mass is 222 g/mol. The summed E-state index contributed by atoms with van der Waals surface area (Å²) in [6, 6.07) is 8.28. The molecule has 0 bridgehead atoms. The standard InChI is InChI=1S/C13H22N2O/c1-11(2)16-13-5-3-12(4-6-13)7-9-15-10-8-14/h3-6,11,15H,7-10,14H2,1-2H3. The van der Waals surface area contributed by atoms with Gasteiger partial charge in [-0.2, -0.15) is 0 Å². The van der Waals surface area contributed by atoms with Crippen LogP contribution in [0.5, 0.6) is 5.75 Å². The second-order valence-corrected chi connectivity index (χ2v) is 4.10. The highest BCUT2D eigenvalue weighted by Crippen LogP contribution is 2.13. The third kappa shape index (κ3) is 5.14. The van der Waals surface area contributed by atoms with E-state index in [2.05, 4.69) is 17.4 Å². The minimum Gasteiger partial charge on any atom is -0.491 e. The van der Waals surface area contributed by atoms with Crippen molar-refractivity contribution in [3.05, 3.63) is 29.8 Å². The lowest BCUT2D eigenvalue weighted by atomic mass is 10.1. The molecule has 3 N–H and O–H groups in total. The van der Waals surface area contributed by atoms with Crippen LogP contribution in [0.4, 0.5) is 0 Å². The van der Waals surface area contributed by atoms with E-state index in [1.165, 1.54) is 5.56 Å². The molecule has 0 unspecified atom stereocenters. The molecule has 3 heteroatoms. The molecular formula is C13H22N2O. The molecule has 0 aliphatic rings. The van der Waals surface area contributed by atoms with Crippen LogP contribution in [-0.4, -0.2) is 25.7 Å². The molecule has 0 saturated carbocycles. The van der Waals surface area contributed by atoms with Crippen LogP contribution in [-0.2, 0) is 6.42 Å². The number of benzene rings is 1. The minimum atomic E-state index is 0.233. The average molecular weight is 222 g/mol. The molecule has 0 aliphatic heterocycles. The molecule has 0 fully saturated rings. The van der Waals surface area contributed by atoms with Crippen molar-refractivity contribution in [2.45, 2.75) is 26.4 Å². The molecule has 16 heavy (non-hydrogen) atoms. The number of nitrogens with one attached hydrogen (secondary N) is 1. The van der Waals surface area contributed by atoms with Gasteiger partial charge in [0.15, 0.2) is 0 Å². The summed E-state index contributed by atoms with van der Waals surface area (Å²) in [6.45, 7) is 6.62. The lowest BCUT2D eigenvalue weighted by Gasteiger charge is -2.10. The van der Waals surface area contributed by atoms with E-state index in [0.29, 0.717) is 6.54 Å². The number of rotatable bonds is 7. The Bertz CT molecular complexity index is 282. The Balaban J connectivity index is 2.33. The molecule has 1 aromatic carbocycles. The van der Waals surface area contributed by atoms with Gasteiger partial charge in [0, 0.05) is 13.1 Å². The van der Waals surface area contributed by atoms with Gasteiger partial charge in [0.1, 0.15) is 5.75 Å². The van der Waals surface area contributed by atoms with Crippen molar-refractivity contribution in [3.8, 4) is 5.75 Å². The predicted octanol–water partition coefficient (Wildman–Crippen LogP) is 1.56. The summed E-state index contributed by atoms with van der Waals surface area (Å²) in [6.07, 6.45) is 1.26. The highest BCUT2D eigenvalue weighted by molar-refractivity contribution is 5.27. The Morgan fingerprint density at radius 3 is 2.44 bits per heavy atom. The van der Waals surface area contributed by atoms with Gasteiger partial charge in [0.05, 0.1) is 6.10 Å². The van der Waals surface area contributed by atoms with Crippen molar-refractivity contribution in [1.29, 1.82) is 0 Å². The van der Waals surface area contributed by atoms with Gasteiger partial charge < -0.3 is 15.8 Å². The highest BCUT2D eigenvalue weighted by atomic mass is 16.5. The van der Waals surface area contributed by atoms with Gasteiger partial charge in [-0.3, -0.25) is 0 Å². The van der Waals surface area contributed by atoms with Crippen LogP contribution in [0.2, 0.25) is 0 Å². The van der Waals surface area contributed by atoms with Gasteiger partial charge in [0.25, 0.3) is 0 Å². The Morgan fingerprint density at radius 1 is 1.19 bits per heavy atom. The Kier molecular flexibility index (Phi) is 5.90. The van der Waals surface area contributed by atoms with Gasteiger partial charge >= 0.3 is 0 Å². The van der Waals surface area contributed by atoms with Crippen molar-refractivity contribution >= 4 is 0 Å². The molecule has 0 aromatic heterocycles. The van der Waals surface area contributed by atoms with E-state index in [9.17, 15) is 0 Å². The number of nitrogens with two attached hydrogens (primary N) is 1. The summed E-state index contributed by atoms with van der Waals surface area (Å²) >= 11 is 0. The predicted molar refractivity (Wildman–Crippen MR) is 67.8 cm³/mol. The van der Waals surface area contributed by atoms with E-state index >= 15 is 0 Å². The van der Waals surface area contributed by atoms with Crippen molar-refractivity contribution in [1.82, 2.24) is 5.32 Å². The molecular weight excluding hydrogens is 200 g/mol. The fourth-order valence-corrected chi connectivity index (χ4v) is 1.47. The minimum absolute atomic E-state index is 0.233. The largest absolute Gasteiger partial charge is 0.491 e. The third-order valence-electron chi connectivity index (χ3n) is 2.21. The fraction of sp³-hybridized carbons (Fsp3) is 0.538. The van der Waals surface area contributed by atoms with Crippen LogP contribution in [0.3, 0.4) is 0 Å². The van der Waals surface area contributed by atoms with Crippen molar-refractivity contribution < 1.29 is 4.74 Å². The molecule has 0 atom stereocenters. The topological polar surface area (TPSA) is 47.3 Å². The Labute approximate surface area is 98.0 Å². The molecule has 1 aromatic rings. The zero-order chi connectivity index (χ0) is 11.8. The van der Waals surface area contributed by atoms with Crippen LogP contribution in [0.15, 0.2) is 24.3 Å². The summed E-state index contributed by atoms with van der Waals surface area (Å²) in [4.78, 5) is 0. The molecule has 90 valence electrons. The van der Waals surface area contributed by atoms with E-state index in [4.69, 9.17) is 10.5 Å². The van der Waals surface area contributed by atoms with E-state index in [0.717, 1.165) is 25.3 Å². The molecule has 0 radical (unpaired) electrons. The van der Waals surface area contributed by atoms with Crippen LogP contribution < -0.4 is 15.8 Å². The zero-order valence-corrected chi connectivity index (χ0v) is 10.2. The Morgan fingerprint density at radius 2 is 1.88 bits per heavy atom. The highest BCUT2D eigenvalue weighted by Gasteiger charge is 1.97. The van der Waals surface area contributed by atoms with Crippen molar-refractivity contribution in [2.75, 3.05) is 19.6 Å². The first-order chi connectivity index (χ1) is 7.72. The lowest BCUT2D eigenvalue weighted by Crippen LogP contribution is -2.24. The number of hydrogen-bond donors (Lipinski definition) is 2. The SMILES string of the molecule is CC(C)Oc1ccc(CCNCCN)cc1. The van der Waals surface area contributed by atoms with Crippen LogP contribution >= 0.6 is 0 Å². The first-order valence-electron chi connectivity index (χ1n) is 5.88. The van der Waals surface area contributed by atoms with Gasteiger partial charge in [-0.05, 0) is 44.5 Å². The summed E-state index contributed by atoms with van der Waals surface area (Å²) in [7, 11) is 0. The first-order valence-corrected chi connectivity index (χ1v) is 5.88. The first kappa shape index (κ1) is 13.0. The van der Waals surface area contributed by atoms with Crippen molar-refractivity contribution in [3.63, 3.8) is 0 Å². The molecule has 0 spiro atoms.